The molecule has 0 spiro atoms. The maximum absolute atomic E-state index is 4.50. The van der Waals surface area contributed by atoms with Gasteiger partial charge in [-0.25, -0.2) is 0 Å². The van der Waals surface area contributed by atoms with Gasteiger partial charge in [-0.1, -0.05) is 0 Å². The summed E-state index contributed by atoms with van der Waals surface area (Å²) in [6.07, 6.45) is 2.04. The first kappa shape index (κ1) is 10.3. The first-order valence-corrected chi connectivity index (χ1v) is 4.59. The van der Waals surface area contributed by atoms with Gasteiger partial charge in [0.05, 0.1) is 11.2 Å². The van der Waals surface area contributed by atoms with Crippen LogP contribution in [0.15, 0.2) is 12.3 Å². The molecular weight excluding hydrogens is 162 g/mol. The zero-order valence-electron chi connectivity index (χ0n) is 9.20. The Morgan fingerprint density at radius 3 is 2.38 bits per heavy atom. The van der Waals surface area contributed by atoms with Gasteiger partial charge in [0.2, 0.25) is 0 Å². The third-order valence-electron chi connectivity index (χ3n) is 1.81. The lowest BCUT2D eigenvalue weighted by molar-refractivity contribution is 0.342. The van der Waals surface area contributed by atoms with Crippen LogP contribution >= 0.6 is 0 Å². The predicted octanol–water partition coefficient (Wildman–Crippen LogP) is 1.70. The Balaban J connectivity index is 2.75. The molecule has 1 rings (SSSR count). The van der Waals surface area contributed by atoms with Crippen molar-refractivity contribution in [2.75, 3.05) is 14.1 Å². The van der Waals surface area contributed by atoms with Crippen LogP contribution in [-0.2, 0) is 12.1 Å². The molecular formula is C10H19N3. The van der Waals surface area contributed by atoms with Gasteiger partial charge < -0.3 is 4.90 Å². The Kier molecular flexibility index (Phi) is 2.76. The van der Waals surface area contributed by atoms with Gasteiger partial charge in [-0.2, -0.15) is 5.10 Å². The van der Waals surface area contributed by atoms with Crippen LogP contribution in [0.2, 0.25) is 0 Å². The molecule has 74 valence electrons. The second-order valence-electron chi connectivity index (χ2n) is 4.66. The molecule has 0 aliphatic rings. The van der Waals surface area contributed by atoms with Crippen molar-refractivity contribution < 1.29 is 0 Å². The van der Waals surface area contributed by atoms with E-state index in [9.17, 15) is 0 Å². The van der Waals surface area contributed by atoms with Crippen molar-refractivity contribution in [2.45, 2.75) is 32.9 Å². The van der Waals surface area contributed by atoms with Gasteiger partial charge >= 0.3 is 0 Å². The number of hydrogen-bond donors (Lipinski definition) is 0. The molecule has 0 aromatic carbocycles. The predicted molar refractivity (Wildman–Crippen MR) is 54.6 cm³/mol. The van der Waals surface area contributed by atoms with E-state index in [2.05, 4.69) is 50.9 Å². The molecule has 3 nitrogen and oxygen atoms in total. The molecule has 0 atom stereocenters. The quantitative estimate of drug-likeness (QED) is 0.692. The molecule has 0 unspecified atom stereocenters. The number of rotatable bonds is 2. The normalized spacial score (nSPS) is 12.5. The van der Waals surface area contributed by atoms with Crippen LogP contribution in [0.3, 0.4) is 0 Å². The summed E-state index contributed by atoms with van der Waals surface area (Å²) >= 11 is 0. The van der Waals surface area contributed by atoms with E-state index in [-0.39, 0.29) is 5.54 Å². The van der Waals surface area contributed by atoms with E-state index in [1.165, 1.54) is 0 Å². The zero-order chi connectivity index (χ0) is 10.1. The van der Waals surface area contributed by atoms with E-state index in [4.69, 9.17) is 0 Å². The average Bonchev–Trinajstić information content (AvgIpc) is 2.32. The third-order valence-corrected chi connectivity index (χ3v) is 1.81. The highest BCUT2D eigenvalue weighted by Crippen LogP contribution is 2.12. The molecule has 0 fully saturated rings. The van der Waals surface area contributed by atoms with E-state index < -0.39 is 0 Å². The highest BCUT2D eigenvalue weighted by molar-refractivity contribution is 5.00. The Hall–Kier alpha value is -0.830. The summed E-state index contributed by atoms with van der Waals surface area (Å²) in [6.45, 7) is 7.36. The number of hydrogen-bond acceptors (Lipinski definition) is 2. The fourth-order valence-electron chi connectivity index (χ4n) is 1.14. The van der Waals surface area contributed by atoms with Crippen LogP contribution in [0.4, 0.5) is 0 Å². The Bertz CT molecular complexity index is 268. The summed E-state index contributed by atoms with van der Waals surface area (Å²) in [5, 5.41) is 4.50. The Labute approximate surface area is 80.4 Å². The van der Waals surface area contributed by atoms with Crippen molar-refractivity contribution in [3.05, 3.63) is 18.0 Å². The molecule has 0 saturated carbocycles. The van der Waals surface area contributed by atoms with E-state index >= 15 is 0 Å². The molecule has 1 aromatic heterocycles. The third kappa shape index (κ3) is 2.84. The van der Waals surface area contributed by atoms with Gasteiger partial charge in [0.25, 0.3) is 0 Å². The van der Waals surface area contributed by atoms with Gasteiger partial charge in [0.15, 0.2) is 0 Å². The van der Waals surface area contributed by atoms with E-state index in [1.807, 2.05) is 10.9 Å². The Morgan fingerprint density at radius 2 is 2.00 bits per heavy atom. The highest BCUT2D eigenvalue weighted by Gasteiger charge is 2.13. The van der Waals surface area contributed by atoms with Gasteiger partial charge in [-0.3, -0.25) is 4.68 Å². The second kappa shape index (κ2) is 3.50. The minimum absolute atomic E-state index is 0.0879. The van der Waals surface area contributed by atoms with Crippen molar-refractivity contribution in [3.63, 3.8) is 0 Å². The molecule has 13 heavy (non-hydrogen) atoms. The summed E-state index contributed by atoms with van der Waals surface area (Å²) in [6, 6.07) is 2.07. The molecule has 3 heteroatoms. The van der Waals surface area contributed by atoms with Crippen molar-refractivity contribution in [1.29, 1.82) is 0 Å². The second-order valence-corrected chi connectivity index (χ2v) is 4.66. The van der Waals surface area contributed by atoms with Gasteiger partial charge in [-0.05, 0) is 40.9 Å². The lowest BCUT2D eigenvalue weighted by Gasteiger charge is -2.19. The average molecular weight is 181 g/mol. The molecule has 0 N–H and O–H groups in total. The summed E-state index contributed by atoms with van der Waals surface area (Å²) < 4.78 is 2.01. The number of nitrogens with zero attached hydrogens (tertiary/aromatic N) is 3. The minimum Gasteiger partial charge on any atom is -0.304 e. The SMILES string of the molecule is CN(C)Cc1ccn(C(C)(C)C)n1. The fraction of sp³-hybridized carbons (Fsp3) is 0.700. The van der Waals surface area contributed by atoms with E-state index in [1.54, 1.807) is 0 Å². The monoisotopic (exact) mass is 181 g/mol. The maximum atomic E-state index is 4.50. The molecule has 0 aliphatic carbocycles. The lowest BCUT2D eigenvalue weighted by Crippen LogP contribution is -2.22. The van der Waals surface area contributed by atoms with Crippen molar-refractivity contribution >= 4 is 0 Å². The van der Waals surface area contributed by atoms with E-state index in [0.717, 1.165) is 12.2 Å². The molecule has 0 saturated heterocycles. The van der Waals surface area contributed by atoms with Crippen LogP contribution in [0.1, 0.15) is 26.5 Å². The molecule has 1 heterocycles. The standard InChI is InChI=1S/C10H19N3/c1-10(2,3)13-7-6-9(11-13)8-12(4)5/h6-7H,8H2,1-5H3. The lowest BCUT2D eigenvalue weighted by atomic mass is 10.1. The first-order valence-electron chi connectivity index (χ1n) is 4.59. The molecule has 0 amide bonds. The van der Waals surface area contributed by atoms with Gasteiger partial charge in [0.1, 0.15) is 0 Å². The molecule has 0 aliphatic heterocycles. The molecule has 0 bridgehead atoms. The van der Waals surface area contributed by atoms with E-state index in [0.29, 0.717) is 0 Å². The fourth-order valence-corrected chi connectivity index (χ4v) is 1.14. The van der Waals surface area contributed by atoms with Crippen molar-refractivity contribution in [3.8, 4) is 0 Å². The number of aromatic nitrogens is 2. The molecule has 0 radical (unpaired) electrons. The highest BCUT2D eigenvalue weighted by atomic mass is 15.3. The van der Waals surface area contributed by atoms with Gasteiger partial charge in [0, 0.05) is 12.7 Å². The first-order chi connectivity index (χ1) is 5.89. The van der Waals surface area contributed by atoms with Crippen molar-refractivity contribution in [1.82, 2.24) is 14.7 Å². The van der Waals surface area contributed by atoms with Crippen LogP contribution in [0.25, 0.3) is 0 Å². The smallest absolute Gasteiger partial charge is 0.0764 e. The van der Waals surface area contributed by atoms with Crippen LogP contribution in [0, 0.1) is 0 Å². The minimum atomic E-state index is 0.0879. The topological polar surface area (TPSA) is 21.1 Å². The Morgan fingerprint density at radius 1 is 1.38 bits per heavy atom. The van der Waals surface area contributed by atoms with Gasteiger partial charge in [-0.15, -0.1) is 0 Å². The summed E-state index contributed by atoms with van der Waals surface area (Å²) in [7, 11) is 4.10. The summed E-state index contributed by atoms with van der Waals surface area (Å²) in [4.78, 5) is 2.12. The molecule has 1 aromatic rings. The summed E-state index contributed by atoms with van der Waals surface area (Å²) in [5.74, 6) is 0. The summed E-state index contributed by atoms with van der Waals surface area (Å²) in [5.41, 5.74) is 1.21. The maximum Gasteiger partial charge on any atom is 0.0764 e. The van der Waals surface area contributed by atoms with Crippen LogP contribution in [0.5, 0.6) is 0 Å². The largest absolute Gasteiger partial charge is 0.304 e. The zero-order valence-corrected chi connectivity index (χ0v) is 9.20. The van der Waals surface area contributed by atoms with Crippen LogP contribution in [-0.4, -0.2) is 28.8 Å². The van der Waals surface area contributed by atoms with Crippen LogP contribution < -0.4 is 0 Å². The van der Waals surface area contributed by atoms with Crippen molar-refractivity contribution in [2.24, 2.45) is 0 Å².